The van der Waals surface area contributed by atoms with Crippen molar-refractivity contribution < 1.29 is 4.79 Å². The van der Waals surface area contributed by atoms with Gasteiger partial charge in [0.15, 0.2) is 5.82 Å². The summed E-state index contributed by atoms with van der Waals surface area (Å²) in [5.74, 6) is 0.791. The molecule has 108 valence electrons. The van der Waals surface area contributed by atoms with Crippen molar-refractivity contribution in [2.24, 2.45) is 0 Å². The number of amides is 1. The first kappa shape index (κ1) is 13.4. The Bertz CT molecular complexity index is 690. The molecule has 0 aliphatic heterocycles. The summed E-state index contributed by atoms with van der Waals surface area (Å²) in [5.41, 5.74) is 0. The molecule has 0 radical (unpaired) electrons. The van der Waals surface area contributed by atoms with Gasteiger partial charge < -0.3 is 0 Å². The minimum atomic E-state index is -0.139. The minimum Gasteiger partial charge on any atom is -0.293 e. The maximum atomic E-state index is 11.8. The van der Waals surface area contributed by atoms with Gasteiger partial charge >= 0.3 is 0 Å². The molecule has 0 saturated carbocycles. The van der Waals surface area contributed by atoms with Crippen LogP contribution in [0.3, 0.4) is 0 Å². The van der Waals surface area contributed by atoms with Crippen molar-refractivity contribution in [3.05, 3.63) is 23.8 Å². The number of H-pyrrole nitrogens is 1. The van der Waals surface area contributed by atoms with E-state index in [-0.39, 0.29) is 11.9 Å². The number of aromatic amines is 1. The average Bonchev–Trinajstić information content (AvgIpc) is 3.21. The van der Waals surface area contributed by atoms with Crippen molar-refractivity contribution in [2.45, 2.75) is 19.4 Å². The number of thiophene rings is 1. The van der Waals surface area contributed by atoms with Crippen molar-refractivity contribution >= 4 is 23.2 Å². The van der Waals surface area contributed by atoms with E-state index in [9.17, 15) is 4.79 Å². The van der Waals surface area contributed by atoms with Crippen molar-refractivity contribution in [1.82, 2.24) is 35.4 Å². The highest BCUT2D eigenvalue weighted by Gasteiger charge is 2.09. The van der Waals surface area contributed by atoms with Crippen LogP contribution in [0.15, 0.2) is 23.8 Å². The van der Waals surface area contributed by atoms with E-state index in [2.05, 4.69) is 36.0 Å². The average molecular weight is 304 g/mol. The Labute approximate surface area is 123 Å². The highest BCUT2D eigenvalue weighted by Crippen LogP contribution is 2.21. The lowest BCUT2D eigenvalue weighted by Gasteiger charge is -2.00. The molecule has 0 aliphatic carbocycles. The van der Waals surface area contributed by atoms with Crippen LogP contribution in [-0.2, 0) is 11.3 Å². The summed E-state index contributed by atoms with van der Waals surface area (Å²) >= 11 is 1.55. The Kier molecular flexibility index (Phi) is 3.96. The van der Waals surface area contributed by atoms with E-state index in [0.717, 1.165) is 4.88 Å². The zero-order chi connectivity index (χ0) is 14.5. The number of anilines is 1. The normalized spacial score (nSPS) is 10.7. The molecule has 0 fully saturated rings. The molecule has 0 unspecified atom stereocenters. The predicted molar refractivity (Wildman–Crippen MR) is 75.4 cm³/mol. The number of carbonyl (C=O) groups excluding carboxylic acids is 1. The molecule has 3 heterocycles. The van der Waals surface area contributed by atoms with Crippen molar-refractivity contribution in [3.8, 4) is 10.7 Å². The minimum absolute atomic E-state index is 0.139. The van der Waals surface area contributed by atoms with E-state index in [0.29, 0.717) is 25.2 Å². The van der Waals surface area contributed by atoms with E-state index >= 15 is 0 Å². The molecule has 10 heteroatoms. The number of hydrogen-bond donors (Lipinski definition) is 2. The number of aromatic nitrogens is 7. The maximum Gasteiger partial charge on any atom is 0.249 e. The molecule has 3 aromatic rings. The Morgan fingerprint density at radius 3 is 3.19 bits per heavy atom. The molecule has 0 bridgehead atoms. The fourth-order valence-electron chi connectivity index (χ4n) is 1.71. The highest BCUT2D eigenvalue weighted by molar-refractivity contribution is 7.13. The van der Waals surface area contributed by atoms with E-state index in [1.165, 1.54) is 6.33 Å². The first-order valence-corrected chi connectivity index (χ1v) is 7.16. The second-order valence-corrected chi connectivity index (χ2v) is 5.16. The summed E-state index contributed by atoms with van der Waals surface area (Å²) in [7, 11) is 0. The Morgan fingerprint density at radius 2 is 2.43 bits per heavy atom. The van der Waals surface area contributed by atoms with Gasteiger partial charge in [0.2, 0.25) is 11.9 Å². The van der Waals surface area contributed by atoms with E-state index in [1.807, 2.05) is 17.5 Å². The fourth-order valence-corrected chi connectivity index (χ4v) is 2.38. The van der Waals surface area contributed by atoms with Crippen LogP contribution in [0.25, 0.3) is 10.7 Å². The molecule has 0 saturated heterocycles. The van der Waals surface area contributed by atoms with Gasteiger partial charge in [-0.15, -0.1) is 21.5 Å². The summed E-state index contributed by atoms with van der Waals surface area (Å²) in [6.45, 7) is 0.592. The third kappa shape index (κ3) is 3.48. The van der Waals surface area contributed by atoms with Gasteiger partial charge in [-0.25, -0.2) is 4.68 Å². The highest BCUT2D eigenvalue weighted by atomic mass is 32.1. The lowest BCUT2D eigenvalue weighted by atomic mass is 10.3. The molecule has 2 N–H and O–H groups in total. The van der Waals surface area contributed by atoms with Crippen LogP contribution in [0.1, 0.15) is 12.8 Å². The van der Waals surface area contributed by atoms with Crippen LogP contribution in [0, 0.1) is 0 Å². The van der Waals surface area contributed by atoms with Gasteiger partial charge in [-0.3, -0.25) is 15.2 Å². The summed E-state index contributed by atoms with van der Waals surface area (Å²) in [5, 5.41) is 22.1. The molecule has 1 amide bonds. The standard InChI is InChI=1S/C11H12N8OS/c20-9(4-1-5-19-7-12-17-18-19)13-11-14-10(15-16-11)8-3-2-6-21-8/h2-3,6-7H,1,4-5H2,(H2,13,14,15,16,20). The lowest BCUT2D eigenvalue weighted by Crippen LogP contribution is -2.13. The first-order chi connectivity index (χ1) is 10.3. The zero-order valence-electron chi connectivity index (χ0n) is 10.9. The molecule has 0 spiro atoms. The Hall–Kier alpha value is -2.62. The number of aryl methyl sites for hydroxylation is 1. The second kappa shape index (κ2) is 6.22. The van der Waals surface area contributed by atoms with Crippen LogP contribution in [0.5, 0.6) is 0 Å². The molecule has 3 rings (SSSR count). The molecule has 3 aromatic heterocycles. The predicted octanol–water partition coefficient (Wildman–Crippen LogP) is 0.939. The van der Waals surface area contributed by atoms with E-state index in [1.54, 1.807) is 16.0 Å². The van der Waals surface area contributed by atoms with Gasteiger partial charge in [-0.05, 0) is 28.3 Å². The Morgan fingerprint density at radius 1 is 1.48 bits per heavy atom. The van der Waals surface area contributed by atoms with Crippen LogP contribution in [-0.4, -0.2) is 41.3 Å². The third-order valence-electron chi connectivity index (χ3n) is 2.67. The van der Waals surface area contributed by atoms with Gasteiger partial charge in [0.05, 0.1) is 4.88 Å². The summed E-state index contributed by atoms with van der Waals surface area (Å²) < 4.78 is 1.58. The largest absolute Gasteiger partial charge is 0.293 e. The van der Waals surface area contributed by atoms with E-state index in [4.69, 9.17) is 0 Å². The van der Waals surface area contributed by atoms with E-state index < -0.39 is 0 Å². The van der Waals surface area contributed by atoms with Gasteiger partial charge in [-0.2, -0.15) is 4.98 Å². The number of hydrogen-bond acceptors (Lipinski definition) is 7. The molecule has 0 atom stereocenters. The van der Waals surface area contributed by atoms with Crippen LogP contribution in [0.4, 0.5) is 5.95 Å². The van der Waals surface area contributed by atoms with Crippen LogP contribution in [0.2, 0.25) is 0 Å². The van der Waals surface area contributed by atoms with Crippen molar-refractivity contribution in [3.63, 3.8) is 0 Å². The Balaban J connectivity index is 1.48. The lowest BCUT2D eigenvalue weighted by molar-refractivity contribution is -0.116. The molecule has 21 heavy (non-hydrogen) atoms. The maximum absolute atomic E-state index is 11.8. The van der Waals surface area contributed by atoms with Gasteiger partial charge in [0.1, 0.15) is 6.33 Å². The molecule has 0 aliphatic rings. The summed E-state index contributed by atoms with van der Waals surface area (Å²) in [6, 6.07) is 3.86. The number of tetrazole rings is 1. The van der Waals surface area contributed by atoms with Crippen molar-refractivity contribution in [1.29, 1.82) is 0 Å². The molecule has 0 aromatic carbocycles. The van der Waals surface area contributed by atoms with Crippen LogP contribution >= 0.6 is 11.3 Å². The monoisotopic (exact) mass is 304 g/mol. The van der Waals surface area contributed by atoms with Gasteiger partial charge in [0, 0.05) is 13.0 Å². The van der Waals surface area contributed by atoms with Crippen LogP contribution < -0.4 is 5.32 Å². The number of nitrogens with one attached hydrogen (secondary N) is 2. The number of nitrogens with zero attached hydrogens (tertiary/aromatic N) is 6. The fraction of sp³-hybridized carbons (Fsp3) is 0.273. The van der Waals surface area contributed by atoms with Gasteiger partial charge in [-0.1, -0.05) is 6.07 Å². The van der Waals surface area contributed by atoms with Crippen molar-refractivity contribution in [2.75, 3.05) is 5.32 Å². The molecular formula is C11H12N8OS. The summed E-state index contributed by atoms with van der Waals surface area (Å²) in [6.07, 6.45) is 2.50. The molecule has 9 nitrogen and oxygen atoms in total. The quantitative estimate of drug-likeness (QED) is 0.700. The third-order valence-corrected chi connectivity index (χ3v) is 3.55. The topological polar surface area (TPSA) is 114 Å². The molecular weight excluding hydrogens is 292 g/mol. The first-order valence-electron chi connectivity index (χ1n) is 6.28. The van der Waals surface area contributed by atoms with Gasteiger partial charge in [0.25, 0.3) is 0 Å². The smallest absolute Gasteiger partial charge is 0.249 e. The number of carbonyl (C=O) groups is 1. The second-order valence-electron chi connectivity index (χ2n) is 4.21. The number of rotatable bonds is 6. The zero-order valence-corrected chi connectivity index (χ0v) is 11.7. The SMILES string of the molecule is O=C(CCCn1cnnn1)Nc1n[nH]c(-c2cccs2)n1. The summed E-state index contributed by atoms with van der Waals surface area (Å²) in [4.78, 5) is 17.0.